The molecule has 1 unspecified atom stereocenters. The van der Waals surface area contributed by atoms with Crippen molar-refractivity contribution in [1.82, 2.24) is 15.3 Å². The highest BCUT2D eigenvalue weighted by molar-refractivity contribution is 7.99. The monoisotopic (exact) mass is 227 g/mol. The van der Waals surface area contributed by atoms with Gasteiger partial charge < -0.3 is 10.3 Å². The van der Waals surface area contributed by atoms with E-state index in [4.69, 9.17) is 0 Å². The summed E-state index contributed by atoms with van der Waals surface area (Å²) in [5.41, 5.74) is 1.18. The molecule has 1 aromatic rings. The quantitative estimate of drug-likeness (QED) is 0.752. The predicted octanol–water partition coefficient (Wildman–Crippen LogP) is 2.55. The summed E-state index contributed by atoms with van der Waals surface area (Å²) >= 11 is 1.95. The Balaban J connectivity index is 2.32. The molecule has 0 aliphatic carbocycles. The Morgan fingerprint density at radius 2 is 2.33 bits per heavy atom. The fraction of sp³-hybridized carbons (Fsp3) is 0.727. The van der Waals surface area contributed by atoms with Crippen LogP contribution in [-0.2, 0) is 12.3 Å². The van der Waals surface area contributed by atoms with E-state index in [9.17, 15) is 0 Å². The van der Waals surface area contributed by atoms with Crippen LogP contribution < -0.4 is 5.32 Å². The third-order valence-corrected chi connectivity index (χ3v) is 3.67. The molecular formula is C11H21N3S. The number of hydrogen-bond acceptors (Lipinski definition) is 3. The Morgan fingerprint density at radius 3 is 3.00 bits per heavy atom. The second-order valence-corrected chi connectivity index (χ2v) is 5.09. The van der Waals surface area contributed by atoms with Crippen molar-refractivity contribution in [2.45, 2.75) is 44.7 Å². The van der Waals surface area contributed by atoms with E-state index >= 15 is 0 Å². The largest absolute Gasteiger partial charge is 0.344 e. The van der Waals surface area contributed by atoms with Crippen molar-refractivity contribution in [3.63, 3.8) is 0 Å². The third-order valence-electron chi connectivity index (χ3n) is 2.33. The van der Waals surface area contributed by atoms with Crippen LogP contribution in [0.2, 0.25) is 0 Å². The van der Waals surface area contributed by atoms with Crippen molar-refractivity contribution in [3.05, 3.63) is 17.7 Å². The van der Waals surface area contributed by atoms with Gasteiger partial charge in [-0.1, -0.05) is 20.8 Å². The van der Waals surface area contributed by atoms with Gasteiger partial charge in [-0.05, 0) is 13.0 Å². The molecule has 0 aliphatic heterocycles. The molecule has 1 rings (SSSR count). The minimum Gasteiger partial charge on any atom is -0.344 e. The Bertz CT molecular complexity index is 273. The van der Waals surface area contributed by atoms with E-state index in [1.807, 2.05) is 18.0 Å². The molecule has 0 spiro atoms. The lowest BCUT2D eigenvalue weighted by Gasteiger charge is -2.05. The summed E-state index contributed by atoms with van der Waals surface area (Å²) in [4.78, 5) is 7.69. The second kappa shape index (κ2) is 6.90. The maximum Gasteiger partial charge on any atom is 0.116 e. The van der Waals surface area contributed by atoms with E-state index in [2.05, 4.69) is 36.1 Å². The van der Waals surface area contributed by atoms with E-state index in [-0.39, 0.29) is 0 Å². The van der Waals surface area contributed by atoms with Gasteiger partial charge in [0.05, 0.1) is 5.75 Å². The molecule has 0 amide bonds. The summed E-state index contributed by atoms with van der Waals surface area (Å²) < 4.78 is 0. The number of aromatic amines is 1. The van der Waals surface area contributed by atoms with E-state index in [0.29, 0.717) is 5.25 Å². The van der Waals surface area contributed by atoms with E-state index < -0.39 is 0 Å². The first-order chi connectivity index (χ1) is 7.26. The summed E-state index contributed by atoms with van der Waals surface area (Å²) in [6, 6.07) is 0. The molecule has 1 heterocycles. The zero-order valence-electron chi connectivity index (χ0n) is 9.84. The smallest absolute Gasteiger partial charge is 0.116 e. The Kier molecular flexibility index (Phi) is 5.79. The average Bonchev–Trinajstić information content (AvgIpc) is 2.71. The number of H-pyrrole nitrogens is 1. The van der Waals surface area contributed by atoms with Crippen LogP contribution >= 0.6 is 11.8 Å². The highest BCUT2D eigenvalue weighted by atomic mass is 32.2. The van der Waals surface area contributed by atoms with Crippen LogP contribution in [0.4, 0.5) is 0 Å². The van der Waals surface area contributed by atoms with Crippen molar-refractivity contribution in [3.8, 4) is 0 Å². The molecular weight excluding hydrogens is 206 g/mol. The van der Waals surface area contributed by atoms with Gasteiger partial charge in [0.2, 0.25) is 0 Å². The lowest BCUT2D eigenvalue weighted by Crippen LogP contribution is -2.11. The molecule has 0 aliphatic rings. The van der Waals surface area contributed by atoms with E-state index in [1.54, 1.807) is 0 Å². The molecule has 0 saturated heterocycles. The van der Waals surface area contributed by atoms with Crippen molar-refractivity contribution >= 4 is 11.8 Å². The van der Waals surface area contributed by atoms with Gasteiger partial charge in [-0.2, -0.15) is 11.8 Å². The molecule has 1 atom stereocenters. The third kappa shape index (κ3) is 4.71. The topological polar surface area (TPSA) is 40.7 Å². The standard InChI is InChI=1S/C11H21N3S/c1-4-9(3)15-8-11-13-7-10(14-11)6-12-5-2/h7,9,12H,4-6,8H2,1-3H3,(H,13,14). The fourth-order valence-corrected chi connectivity index (χ4v) is 1.99. The summed E-state index contributed by atoms with van der Waals surface area (Å²) in [6.45, 7) is 8.47. The molecule has 0 fully saturated rings. The van der Waals surface area contributed by atoms with Crippen LogP contribution in [0.3, 0.4) is 0 Å². The van der Waals surface area contributed by atoms with Crippen LogP contribution in [0.25, 0.3) is 0 Å². The van der Waals surface area contributed by atoms with Gasteiger partial charge in [0.25, 0.3) is 0 Å². The van der Waals surface area contributed by atoms with Gasteiger partial charge in [0.1, 0.15) is 5.82 Å². The number of imidazole rings is 1. The first kappa shape index (κ1) is 12.6. The Hall–Kier alpha value is -0.480. The zero-order valence-corrected chi connectivity index (χ0v) is 10.7. The van der Waals surface area contributed by atoms with Crippen LogP contribution in [0, 0.1) is 0 Å². The second-order valence-electron chi connectivity index (χ2n) is 3.67. The Labute approximate surface area is 96.5 Å². The van der Waals surface area contributed by atoms with E-state index in [1.165, 1.54) is 12.1 Å². The summed E-state index contributed by atoms with van der Waals surface area (Å²) in [5.74, 6) is 2.08. The maximum atomic E-state index is 4.36. The van der Waals surface area contributed by atoms with Crippen LogP contribution in [0.5, 0.6) is 0 Å². The molecule has 0 aromatic carbocycles. The molecule has 15 heavy (non-hydrogen) atoms. The number of thioether (sulfide) groups is 1. The van der Waals surface area contributed by atoms with Crippen molar-refractivity contribution in [1.29, 1.82) is 0 Å². The molecule has 2 N–H and O–H groups in total. The van der Waals surface area contributed by atoms with Gasteiger partial charge in [-0.25, -0.2) is 4.98 Å². The van der Waals surface area contributed by atoms with Gasteiger partial charge >= 0.3 is 0 Å². The highest BCUT2D eigenvalue weighted by Gasteiger charge is 2.03. The first-order valence-electron chi connectivity index (χ1n) is 5.61. The van der Waals surface area contributed by atoms with Crippen LogP contribution in [0.15, 0.2) is 6.20 Å². The van der Waals surface area contributed by atoms with Gasteiger partial charge in [-0.3, -0.25) is 0 Å². The minimum absolute atomic E-state index is 0.715. The maximum absolute atomic E-state index is 4.36. The van der Waals surface area contributed by atoms with Crippen LogP contribution in [-0.4, -0.2) is 21.8 Å². The molecule has 1 aromatic heterocycles. The average molecular weight is 227 g/mol. The molecule has 3 nitrogen and oxygen atoms in total. The van der Waals surface area contributed by atoms with Crippen molar-refractivity contribution in [2.24, 2.45) is 0 Å². The van der Waals surface area contributed by atoms with Crippen molar-refractivity contribution in [2.75, 3.05) is 6.54 Å². The lowest BCUT2D eigenvalue weighted by molar-refractivity contribution is 0.713. The molecule has 0 bridgehead atoms. The SMILES string of the molecule is CCNCc1cnc(CSC(C)CC)[nH]1. The number of hydrogen-bond donors (Lipinski definition) is 2. The summed E-state index contributed by atoms with van der Waals surface area (Å²) in [7, 11) is 0. The first-order valence-corrected chi connectivity index (χ1v) is 6.66. The minimum atomic E-state index is 0.715. The molecule has 86 valence electrons. The van der Waals surface area contributed by atoms with Crippen LogP contribution in [0.1, 0.15) is 38.7 Å². The number of nitrogens with zero attached hydrogens (tertiary/aromatic N) is 1. The fourth-order valence-electron chi connectivity index (χ4n) is 1.17. The zero-order chi connectivity index (χ0) is 11.1. The normalized spacial score (nSPS) is 13.0. The number of aromatic nitrogens is 2. The lowest BCUT2D eigenvalue weighted by atomic mass is 10.4. The summed E-state index contributed by atoms with van der Waals surface area (Å²) in [5, 5.41) is 3.99. The number of rotatable bonds is 7. The van der Waals surface area contributed by atoms with E-state index in [0.717, 1.165) is 24.7 Å². The molecule has 0 saturated carbocycles. The van der Waals surface area contributed by atoms with Crippen molar-refractivity contribution < 1.29 is 0 Å². The molecule has 0 radical (unpaired) electrons. The molecule has 4 heteroatoms. The summed E-state index contributed by atoms with van der Waals surface area (Å²) in [6.07, 6.45) is 3.14. The number of nitrogens with one attached hydrogen (secondary N) is 2. The highest BCUT2D eigenvalue weighted by Crippen LogP contribution is 2.17. The van der Waals surface area contributed by atoms with Gasteiger partial charge in [-0.15, -0.1) is 0 Å². The van der Waals surface area contributed by atoms with Gasteiger partial charge in [0, 0.05) is 23.7 Å². The van der Waals surface area contributed by atoms with Gasteiger partial charge in [0.15, 0.2) is 0 Å². The predicted molar refractivity (Wildman–Crippen MR) is 67.0 cm³/mol. The Morgan fingerprint density at radius 1 is 1.53 bits per heavy atom.